The van der Waals surface area contributed by atoms with Crippen LogP contribution in [0.25, 0.3) is 6.08 Å². The van der Waals surface area contributed by atoms with Crippen molar-refractivity contribution in [3.63, 3.8) is 0 Å². The zero-order valence-electron chi connectivity index (χ0n) is 21.1. The Balaban J connectivity index is 0.00000240. The first-order chi connectivity index (χ1) is 17.0. The smallest absolute Gasteiger partial charge is 0.246 e. The van der Waals surface area contributed by atoms with Crippen LogP contribution >= 0.6 is 12.4 Å². The molecule has 0 radical (unpaired) electrons. The van der Waals surface area contributed by atoms with Gasteiger partial charge in [-0.2, -0.15) is 0 Å². The van der Waals surface area contributed by atoms with Crippen LogP contribution in [-0.4, -0.2) is 53.0 Å². The van der Waals surface area contributed by atoms with Crippen LogP contribution in [-0.2, 0) is 16.6 Å². The zero-order chi connectivity index (χ0) is 23.8. The highest BCUT2D eigenvalue weighted by molar-refractivity contribution is 5.91. The molecule has 1 spiro atoms. The maximum atomic E-state index is 13.3. The van der Waals surface area contributed by atoms with Gasteiger partial charge in [0.15, 0.2) is 0 Å². The third-order valence-electron chi connectivity index (χ3n) is 10.5. The number of nitrogens with zero attached hydrogens (tertiary/aromatic N) is 2. The molecule has 4 fully saturated rings. The molecule has 1 aromatic carbocycles. The molecule has 2 aromatic rings. The van der Waals surface area contributed by atoms with Gasteiger partial charge in [-0.25, -0.2) is 0 Å². The molecule has 2 bridgehead atoms. The summed E-state index contributed by atoms with van der Waals surface area (Å²) < 4.78 is 5.15. The van der Waals surface area contributed by atoms with Crippen LogP contribution < -0.4 is 0 Å². The van der Waals surface area contributed by atoms with Gasteiger partial charge < -0.3 is 14.4 Å². The van der Waals surface area contributed by atoms with Gasteiger partial charge in [0.25, 0.3) is 0 Å². The molecule has 5 atom stereocenters. The number of piperidine rings is 1. The van der Waals surface area contributed by atoms with E-state index in [4.69, 9.17) is 4.42 Å². The summed E-state index contributed by atoms with van der Waals surface area (Å²) in [5.74, 6) is 1.91. The van der Waals surface area contributed by atoms with Gasteiger partial charge in [0.1, 0.15) is 5.75 Å². The molecule has 1 N–H and O–H groups in total. The maximum absolute atomic E-state index is 13.3. The maximum Gasteiger partial charge on any atom is 0.246 e. The number of furan rings is 1. The van der Waals surface area contributed by atoms with E-state index in [1.165, 1.54) is 49.8 Å². The first-order valence-electron chi connectivity index (χ1n) is 13.5. The average molecular weight is 509 g/mol. The van der Waals surface area contributed by atoms with Crippen molar-refractivity contribution >= 4 is 24.4 Å². The van der Waals surface area contributed by atoms with Crippen molar-refractivity contribution in [2.45, 2.75) is 68.9 Å². The molecule has 36 heavy (non-hydrogen) atoms. The van der Waals surface area contributed by atoms with Crippen molar-refractivity contribution in [2.24, 2.45) is 17.3 Å². The molecule has 1 amide bonds. The number of likely N-dealkylation sites (N-methyl/N-ethyl adjacent to an activating group) is 1. The number of hydrogen-bond acceptors (Lipinski definition) is 4. The number of amides is 1. The molecule has 192 valence electrons. The first kappa shape index (κ1) is 24.1. The van der Waals surface area contributed by atoms with Crippen LogP contribution in [0.4, 0.5) is 0 Å². The van der Waals surface area contributed by atoms with Crippen LogP contribution in [0.2, 0.25) is 0 Å². The molecular formula is C30H37ClN2O3. The Bertz CT molecular complexity index is 1170. The van der Waals surface area contributed by atoms with Gasteiger partial charge in [-0.05, 0) is 105 Å². The second-order valence-corrected chi connectivity index (χ2v) is 12.1. The molecule has 3 saturated carbocycles. The van der Waals surface area contributed by atoms with Gasteiger partial charge in [-0.1, -0.05) is 6.07 Å². The molecule has 5 aliphatic rings. The summed E-state index contributed by atoms with van der Waals surface area (Å²) in [7, 11) is 2.00. The number of benzene rings is 1. The van der Waals surface area contributed by atoms with Crippen LogP contribution in [0, 0.1) is 17.3 Å². The Morgan fingerprint density at radius 1 is 1.22 bits per heavy atom. The number of phenolic OH excluding ortho intramolecular Hbond substituents is 1. The zero-order valence-corrected chi connectivity index (χ0v) is 21.9. The summed E-state index contributed by atoms with van der Waals surface area (Å²) in [6.07, 6.45) is 16.6. The molecule has 1 aliphatic heterocycles. The monoisotopic (exact) mass is 508 g/mol. The molecule has 6 heteroatoms. The van der Waals surface area contributed by atoms with Gasteiger partial charge in [-0.15, -0.1) is 12.4 Å². The Morgan fingerprint density at radius 3 is 2.86 bits per heavy atom. The number of aromatic hydroxyl groups is 1. The lowest BCUT2D eigenvalue weighted by Crippen LogP contribution is -2.70. The largest absolute Gasteiger partial charge is 0.508 e. The van der Waals surface area contributed by atoms with Gasteiger partial charge >= 0.3 is 0 Å². The molecule has 4 aliphatic carbocycles. The number of fused-ring (bicyclic) bond motifs is 2. The second-order valence-electron chi connectivity index (χ2n) is 12.1. The summed E-state index contributed by atoms with van der Waals surface area (Å²) in [6.45, 7) is 2.42. The molecule has 0 unspecified atom stereocenters. The third-order valence-corrected chi connectivity index (χ3v) is 10.5. The van der Waals surface area contributed by atoms with Gasteiger partial charge in [0.2, 0.25) is 5.91 Å². The summed E-state index contributed by atoms with van der Waals surface area (Å²) in [6, 6.07) is 8.87. The van der Waals surface area contributed by atoms with Gasteiger partial charge in [-0.3, -0.25) is 9.69 Å². The molecule has 2 heterocycles. The number of hydrogen-bond donors (Lipinski definition) is 1. The van der Waals surface area contributed by atoms with Crippen molar-refractivity contribution in [1.82, 2.24) is 9.80 Å². The molecule has 5 nitrogen and oxygen atoms in total. The van der Waals surface area contributed by atoms with E-state index >= 15 is 0 Å². The summed E-state index contributed by atoms with van der Waals surface area (Å²) in [4.78, 5) is 18.2. The Kier molecular flexibility index (Phi) is 5.80. The fourth-order valence-corrected chi connectivity index (χ4v) is 8.80. The predicted octanol–water partition coefficient (Wildman–Crippen LogP) is 5.42. The minimum atomic E-state index is 0. The van der Waals surface area contributed by atoms with Crippen molar-refractivity contribution < 1.29 is 14.3 Å². The molecule has 1 aromatic heterocycles. The van der Waals surface area contributed by atoms with Crippen molar-refractivity contribution in [3.8, 4) is 5.75 Å². The number of carbonyl (C=O) groups is 1. The van der Waals surface area contributed by atoms with Crippen molar-refractivity contribution in [2.75, 3.05) is 20.1 Å². The van der Waals surface area contributed by atoms with E-state index in [0.717, 1.165) is 37.3 Å². The highest BCUT2D eigenvalue weighted by atomic mass is 35.5. The minimum absolute atomic E-state index is 0. The average Bonchev–Trinajstić information content (AvgIpc) is 3.43. The molecule has 7 rings (SSSR count). The lowest BCUT2D eigenvalue weighted by atomic mass is 9.44. The number of carbonyl (C=O) groups excluding carboxylic acids is 1. The second kappa shape index (κ2) is 8.66. The fraction of sp³-hybridized carbons (Fsp3) is 0.567. The molecular weight excluding hydrogens is 472 g/mol. The molecule has 1 saturated heterocycles. The summed E-state index contributed by atoms with van der Waals surface area (Å²) in [5.41, 5.74) is 4.03. The van der Waals surface area contributed by atoms with E-state index in [2.05, 4.69) is 17.0 Å². The highest BCUT2D eigenvalue weighted by Crippen LogP contribution is 2.70. The lowest BCUT2D eigenvalue weighted by molar-refractivity contribution is -0.151. The predicted molar refractivity (Wildman–Crippen MR) is 142 cm³/mol. The van der Waals surface area contributed by atoms with E-state index in [0.29, 0.717) is 17.7 Å². The van der Waals surface area contributed by atoms with Crippen LogP contribution in [0.1, 0.15) is 61.6 Å². The van der Waals surface area contributed by atoms with E-state index in [1.54, 1.807) is 18.6 Å². The van der Waals surface area contributed by atoms with Gasteiger partial charge in [0, 0.05) is 48.1 Å². The van der Waals surface area contributed by atoms with E-state index in [-0.39, 0.29) is 35.2 Å². The van der Waals surface area contributed by atoms with Crippen molar-refractivity contribution in [1.29, 1.82) is 0 Å². The summed E-state index contributed by atoms with van der Waals surface area (Å²) >= 11 is 0. The number of likely N-dealkylation sites (tertiary alicyclic amines) is 1. The number of halogens is 1. The quantitative estimate of drug-likeness (QED) is 0.548. The number of rotatable bonds is 5. The Hall–Kier alpha value is -2.24. The van der Waals surface area contributed by atoms with E-state index in [9.17, 15) is 9.90 Å². The normalized spacial score (nSPS) is 34.6. The van der Waals surface area contributed by atoms with Crippen molar-refractivity contribution in [3.05, 3.63) is 59.6 Å². The first-order valence-corrected chi connectivity index (χ1v) is 13.5. The van der Waals surface area contributed by atoms with Crippen LogP contribution in [0.5, 0.6) is 5.75 Å². The van der Waals surface area contributed by atoms with E-state index < -0.39 is 0 Å². The standard InChI is InChI=1S/C30H36N2O3.ClH/c1-31(28(34)9-4-21-10-13-35-19-21)26-17-29-11-12-32(18-20-2-3-20)27-8-6-23(26)16-30(27,29)15-22-5-7-24(33)14-25(22)29;/h4-5,7,9-10,13-14,19-20,23,26-27,33H,2-3,6,8,11-12,15-18H2,1H3;1H/b9-4+;/t23-,26-,27+,29-,30-;/m1./s1. The Morgan fingerprint density at radius 2 is 2.08 bits per heavy atom. The fourth-order valence-electron chi connectivity index (χ4n) is 8.80. The summed E-state index contributed by atoms with van der Waals surface area (Å²) in [5, 5.41) is 10.5. The SMILES string of the molecule is CN(C(=O)/C=C/c1ccoc1)[C@@H]1C[C@@]23CCN(CC4CC4)[C@H]4CC[C@@H]1C[C@]42Cc1ccc(O)cc13.Cl. The minimum Gasteiger partial charge on any atom is -0.508 e. The van der Waals surface area contributed by atoms with Crippen LogP contribution in [0.3, 0.4) is 0 Å². The Labute approximate surface area is 219 Å². The third kappa shape index (κ3) is 3.49. The highest BCUT2D eigenvalue weighted by Gasteiger charge is 2.69. The lowest BCUT2D eigenvalue weighted by Gasteiger charge is -2.67. The van der Waals surface area contributed by atoms with Crippen LogP contribution in [0.15, 0.2) is 47.3 Å². The van der Waals surface area contributed by atoms with Gasteiger partial charge in [0.05, 0.1) is 12.5 Å². The van der Waals surface area contributed by atoms with E-state index in [1.807, 2.05) is 30.2 Å². The number of phenols is 1. The topological polar surface area (TPSA) is 56.9 Å².